The molecule has 4 rings (SSSR count). The van der Waals surface area contributed by atoms with Crippen molar-refractivity contribution in [1.29, 1.82) is 5.41 Å². The molecule has 4 heteroatoms. The Hall–Kier alpha value is -1.81. The number of amidine groups is 2. The molecule has 3 nitrogen and oxygen atoms in total. The average molecular weight is 267 g/mol. The minimum absolute atomic E-state index is 0.598. The van der Waals surface area contributed by atoms with Gasteiger partial charge in [-0.2, -0.15) is 0 Å². The number of nitrogens with one attached hydrogen (secondary N) is 1. The molecule has 0 bridgehead atoms. The molecule has 94 valence electrons. The molecule has 0 saturated heterocycles. The lowest BCUT2D eigenvalue weighted by atomic mass is 10.0. The number of benzene rings is 2. The van der Waals surface area contributed by atoms with Gasteiger partial charge in [0.15, 0.2) is 5.17 Å². The molecule has 2 aliphatic heterocycles. The Morgan fingerprint density at radius 2 is 1.95 bits per heavy atom. The van der Waals surface area contributed by atoms with Gasteiger partial charge in [0.25, 0.3) is 0 Å². The van der Waals surface area contributed by atoms with E-state index in [0.29, 0.717) is 5.17 Å². The van der Waals surface area contributed by atoms with Crippen molar-refractivity contribution in [3.05, 3.63) is 42.0 Å². The van der Waals surface area contributed by atoms with Crippen LogP contribution in [0, 0.1) is 5.41 Å². The summed E-state index contributed by atoms with van der Waals surface area (Å²) >= 11 is 1.54. The molecule has 2 aromatic carbocycles. The van der Waals surface area contributed by atoms with Crippen molar-refractivity contribution < 1.29 is 0 Å². The second-order valence-electron chi connectivity index (χ2n) is 4.81. The highest BCUT2D eigenvalue weighted by atomic mass is 32.2. The first-order valence-corrected chi connectivity index (χ1v) is 7.26. The number of hydrogen-bond acceptors (Lipinski definition) is 3. The molecule has 1 N–H and O–H groups in total. The Morgan fingerprint density at radius 1 is 1.16 bits per heavy atom. The molecule has 2 heterocycles. The van der Waals surface area contributed by atoms with Crippen LogP contribution in [-0.4, -0.2) is 29.0 Å². The van der Waals surface area contributed by atoms with Crippen molar-refractivity contribution in [3.63, 3.8) is 0 Å². The predicted molar refractivity (Wildman–Crippen MR) is 80.3 cm³/mol. The molecular formula is C15H13N3S. The first-order chi connectivity index (χ1) is 9.33. The van der Waals surface area contributed by atoms with Crippen LogP contribution in [0.3, 0.4) is 0 Å². The summed E-state index contributed by atoms with van der Waals surface area (Å²) in [5.74, 6) is 0.982. The summed E-state index contributed by atoms with van der Waals surface area (Å²) in [6, 6.07) is 12.8. The number of hydrogen-bond donors (Lipinski definition) is 1. The fourth-order valence-electron chi connectivity index (χ4n) is 2.67. The van der Waals surface area contributed by atoms with Crippen LogP contribution in [0.5, 0.6) is 0 Å². The van der Waals surface area contributed by atoms with E-state index in [1.807, 2.05) is 4.90 Å². The highest BCUT2D eigenvalue weighted by Gasteiger charge is 2.29. The Balaban J connectivity index is 1.99. The molecule has 0 atom stereocenters. The lowest BCUT2D eigenvalue weighted by Gasteiger charge is -2.34. The van der Waals surface area contributed by atoms with Gasteiger partial charge in [0, 0.05) is 23.5 Å². The van der Waals surface area contributed by atoms with Crippen molar-refractivity contribution >= 4 is 33.5 Å². The molecule has 2 aliphatic rings. The topological polar surface area (TPSA) is 39.5 Å². The maximum Gasteiger partial charge on any atom is 0.166 e. The van der Waals surface area contributed by atoms with Gasteiger partial charge in [-0.05, 0) is 29.3 Å². The molecule has 0 aromatic heterocycles. The number of aliphatic imine (C=N–C) groups is 1. The summed E-state index contributed by atoms with van der Waals surface area (Å²) in [5, 5.41) is 11.2. The van der Waals surface area contributed by atoms with E-state index in [4.69, 9.17) is 5.41 Å². The monoisotopic (exact) mass is 267 g/mol. The Bertz CT molecular complexity index is 720. The van der Waals surface area contributed by atoms with Crippen molar-refractivity contribution in [2.45, 2.75) is 11.3 Å². The van der Waals surface area contributed by atoms with E-state index in [1.165, 1.54) is 16.3 Å². The standard InChI is InChI=1S/C15H13N3S/c16-15-18-7-3-6-17-14(18)12-8-10-4-1-2-5-11(10)9-13(12)19-15/h1-2,4-5,8-9,16H,3,6-7H2. The second kappa shape index (κ2) is 4.10. The Labute approximate surface area is 115 Å². The highest BCUT2D eigenvalue weighted by Crippen LogP contribution is 2.36. The van der Waals surface area contributed by atoms with Gasteiger partial charge < -0.3 is 4.90 Å². The summed E-state index contributed by atoms with van der Waals surface area (Å²) in [7, 11) is 0. The number of rotatable bonds is 0. The van der Waals surface area contributed by atoms with Crippen LogP contribution < -0.4 is 0 Å². The van der Waals surface area contributed by atoms with Gasteiger partial charge in [0.2, 0.25) is 0 Å². The quantitative estimate of drug-likeness (QED) is 0.795. The Morgan fingerprint density at radius 3 is 2.79 bits per heavy atom. The van der Waals surface area contributed by atoms with Crippen LogP contribution in [0.15, 0.2) is 46.3 Å². The third-order valence-corrected chi connectivity index (χ3v) is 4.57. The molecule has 0 spiro atoms. The van der Waals surface area contributed by atoms with Gasteiger partial charge in [0.05, 0.1) is 0 Å². The van der Waals surface area contributed by atoms with Crippen LogP contribution in [-0.2, 0) is 0 Å². The second-order valence-corrected chi connectivity index (χ2v) is 5.84. The highest BCUT2D eigenvalue weighted by molar-refractivity contribution is 8.14. The summed E-state index contributed by atoms with van der Waals surface area (Å²) < 4.78 is 0. The number of fused-ring (bicyclic) bond motifs is 4. The maximum atomic E-state index is 8.16. The maximum absolute atomic E-state index is 8.16. The van der Waals surface area contributed by atoms with E-state index in [-0.39, 0.29) is 0 Å². The third-order valence-electron chi connectivity index (χ3n) is 3.60. The molecule has 0 radical (unpaired) electrons. The van der Waals surface area contributed by atoms with Gasteiger partial charge >= 0.3 is 0 Å². The van der Waals surface area contributed by atoms with Crippen molar-refractivity contribution in [1.82, 2.24) is 4.90 Å². The fourth-order valence-corrected chi connectivity index (χ4v) is 3.61. The van der Waals surface area contributed by atoms with E-state index < -0.39 is 0 Å². The van der Waals surface area contributed by atoms with Gasteiger partial charge in [-0.25, -0.2) is 0 Å². The minimum Gasteiger partial charge on any atom is -0.305 e. The van der Waals surface area contributed by atoms with Gasteiger partial charge in [-0.15, -0.1) is 0 Å². The van der Waals surface area contributed by atoms with Crippen LogP contribution in [0.4, 0.5) is 0 Å². The third kappa shape index (κ3) is 1.67. The molecular weight excluding hydrogens is 254 g/mol. The van der Waals surface area contributed by atoms with E-state index >= 15 is 0 Å². The van der Waals surface area contributed by atoms with Gasteiger partial charge in [0.1, 0.15) is 5.84 Å². The van der Waals surface area contributed by atoms with Crippen LogP contribution in [0.1, 0.15) is 12.0 Å². The van der Waals surface area contributed by atoms with Crippen LogP contribution in [0.2, 0.25) is 0 Å². The smallest absolute Gasteiger partial charge is 0.166 e. The van der Waals surface area contributed by atoms with E-state index in [9.17, 15) is 0 Å². The molecule has 2 aromatic rings. The van der Waals surface area contributed by atoms with Crippen molar-refractivity contribution in [2.75, 3.05) is 13.1 Å². The molecule has 0 fully saturated rings. The van der Waals surface area contributed by atoms with Crippen LogP contribution >= 0.6 is 11.8 Å². The lowest BCUT2D eigenvalue weighted by Crippen LogP contribution is -2.42. The summed E-state index contributed by atoms with van der Waals surface area (Å²) in [6.07, 6.45) is 1.04. The summed E-state index contributed by atoms with van der Waals surface area (Å²) in [4.78, 5) is 7.82. The largest absolute Gasteiger partial charge is 0.305 e. The minimum atomic E-state index is 0.598. The van der Waals surface area contributed by atoms with Gasteiger partial charge in [-0.3, -0.25) is 10.4 Å². The van der Waals surface area contributed by atoms with E-state index in [1.54, 1.807) is 11.8 Å². The van der Waals surface area contributed by atoms with E-state index in [0.717, 1.165) is 30.2 Å². The zero-order valence-electron chi connectivity index (χ0n) is 10.4. The summed E-state index contributed by atoms with van der Waals surface area (Å²) in [6.45, 7) is 1.78. The summed E-state index contributed by atoms with van der Waals surface area (Å²) in [5.41, 5.74) is 1.18. The van der Waals surface area contributed by atoms with E-state index in [2.05, 4.69) is 41.4 Å². The van der Waals surface area contributed by atoms with Crippen molar-refractivity contribution in [3.8, 4) is 0 Å². The zero-order chi connectivity index (χ0) is 12.8. The number of nitrogens with zero attached hydrogens (tertiary/aromatic N) is 2. The molecule has 0 saturated carbocycles. The first kappa shape index (κ1) is 11.1. The molecule has 0 amide bonds. The molecule has 0 unspecified atom stereocenters. The normalized spacial score (nSPS) is 18.0. The molecule has 0 aliphatic carbocycles. The lowest BCUT2D eigenvalue weighted by molar-refractivity contribution is 0.552. The number of thioether (sulfide) groups is 1. The average Bonchev–Trinajstić information content (AvgIpc) is 2.46. The van der Waals surface area contributed by atoms with Crippen LogP contribution in [0.25, 0.3) is 10.8 Å². The van der Waals surface area contributed by atoms with Gasteiger partial charge in [-0.1, -0.05) is 36.0 Å². The first-order valence-electron chi connectivity index (χ1n) is 6.44. The SMILES string of the molecule is N=C1Sc2cc3ccccc3cc2C2=NCCCN12. The molecule has 19 heavy (non-hydrogen) atoms. The zero-order valence-corrected chi connectivity index (χ0v) is 11.2. The predicted octanol–water partition coefficient (Wildman–Crippen LogP) is 3.33. The Kier molecular flexibility index (Phi) is 2.38. The fraction of sp³-hybridized carbons (Fsp3) is 0.200. The van der Waals surface area contributed by atoms with Crippen molar-refractivity contribution in [2.24, 2.45) is 4.99 Å².